The summed E-state index contributed by atoms with van der Waals surface area (Å²) in [6.45, 7) is 0. The molecule has 0 aliphatic rings. The molecule has 0 saturated carbocycles. The van der Waals surface area contributed by atoms with Crippen molar-refractivity contribution in [3.05, 3.63) is 69.7 Å². The van der Waals surface area contributed by atoms with Gasteiger partial charge in [-0.15, -0.1) is 21.5 Å². The third-order valence-corrected chi connectivity index (χ3v) is 3.98. The lowest BCUT2D eigenvalue weighted by Gasteiger charge is -2.02. The highest BCUT2D eigenvalue weighted by Gasteiger charge is 2.14. The topological polar surface area (TPSA) is 91.8 Å². The highest BCUT2D eigenvalue weighted by molar-refractivity contribution is 7.10. The van der Waals surface area contributed by atoms with Crippen molar-refractivity contribution in [1.82, 2.24) is 20.6 Å². The second-order valence-corrected chi connectivity index (χ2v) is 5.55. The van der Waals surface area contributed by atoms with Crippen molar-refractivity contribution in [3.63, 3.8) is 0 Å². The molecule has 3 aromatic rings. The molecule has 0 unspecified atom stereocenters. The first-order valence-electron chi connectivity index (χ1n) is 6.53. The largest absolute Gasteiger partial charge is 0.504 e. The number of rotatable bonds is 5. The fourth-order valence-electron chi connectivity index (χ4n) is 2.02. The molecule has 3 rings (SSSR count). The first-order chi connectivity index (χ1) is 10.7. The molecule has 0 amide bonds. The molecule has 110 valence electrons. The van der Waals surface area contributed by atoms with Crippen LogP contribution < -0.4 is 0 Å². The van der Waals surface area contributed by atoms with Gasteiger partial charge in [0, 0.05) is 22.9 Å². The lowest BCUT2D eigenvalue weighted by molar-refractivity contribution is 0.104. The van der Waals surface area contributed by atoms with Gasteiger partial charge in [-0.1, -0.05) is 30.3 Å². The van der Waals surface area contributed by atoms with Crippen LogP contribution in [0.2, 0.25) is 0 Å². The SMILES string of the molecule is O=C(C=C(O)c1nn[nH]n1)c1ccsc1Cc1ccccc1. The lowest BCUT2D eigenvalue weighted by atomic mass is 10.1. The van der Waals surface area contributed by atoms with E-state index in [-0.39, 0.29) is 17.4 Å². The van der Waals surface area contributed by atoms with Gasteiger partial charge in [-0.05, 0) is 22.2 Å². The molecule has 0 spiro atoms. The minimum Gasteiger partial charge on any atom is -0.504 e. The van der Waals surface area contributed by atoms with E-state index in [0.29, 0.717) is 12.0 Å². The van der Waals surface area contributed by atoms with Crippen molar-refractivity contribution in [2.45, 2.75) is 6.42 Å². The monoisotopic (exact) mass is 312 g/mol. The second-order valence-electron chi connectivity index (χ2n) is 4.55. The van der Waals surface area contributed by atoms with Crippen LogP contribution in [-0.2, 0) is 6.42 Å². The predicted octanol–water partition coefficient (Wildman–Crippen LogP) is 2.63. The fraction of sp³-hybridized carbons (Fsp3) is 0.0667. The van der Waals surface area contributed by atoms with Crippen LogP contribution >= 0.6 is 11.3 Å². The first-order valence-corrected chi connectivity index (χ1v) is 7.41. The molecule has 0 aliphatic carbocycles. The van der Waals surface area contributed by atoms with Crippen LogP contribution in [0.4, 0.5) is 0 Å². The summed E-state index contributed by atoms with van der Waals surface area (Å²) in [4.78, 5) is 13.3. The van der Waals surface area contributed by atoms with E-state index in [2.05, 4.69) is 20.6 Å². The summed E-state index contributed by atoms with van der Waals surface area (Å²) in [5.74, 6) is -0.599. The summed E-state index contributed by atoms with van der Waals surface area (Å²) < 4.78 is 0. The molecule has 6 nitrogen and oxygen atoms in total. The van der Waals surface area contributed by atoms with E-state index < -0.39 is 0 Å². The Labute approximate surface area is 130 Å². The van der Waals surface area contributed by atoms with Gasteiger partial charge in [-0.2, -0.15) is 5.21 Å². The number of hydrogen-bond acceptors (Lipinski definition) is 6. The number of nitrogens with one attached hydrogen (secondary N) is 1. The van der Waals surface area contributed by atoms with Gasteiger partial charge in [-0.25, -0.2) is 0 Å². The number of carbonyl (C=O) groups excluding carboxylic acids is 1. The molecule has 1 aromatic carbocycles. The number of allylic oxidation sites excluding steroid dienone is 1. The summed E-state index contributed by atoms with van der Waals surface area (Å²) in [6, 6.07) is 11.7. The number of aliphatic hydroxyl groups excluding tert-OH is 1. The smallest absolute Gasteiger partial charge is 0.239 e. The van der Waals surface area contributed by atoms with Crippen molar-refractivity contribution in [3.8, 4) is 0 Å². The van der Waals surface area contributed by atoms with Gasteiger partial charge in [0.15, 0.2) is 11.5 Å². The van der Waals surface area contributed by atoms with Crippen molar-refractivity contribution in [1.29, 1.82) is 0 Å². The molecule has 0 fully saturated rings. The van der Waals surface area contributed by atoms with Crippen molar-refractivity contribution < 1.29 is 9.90 Å². The second kappa shape index (κ2) is 6.31. The number of thiophene rings is 1. The molecule has 7 heteroatoms. The normalized spacial score (nSPS) is 11.5. The Bertz CT molecular complexity index is 794. The number of benzene rings is 1. The van der Waals surface area contributed by atoms with Crippen LogP contribution in [-0.4, -0.2) is 31.5 Å². The van der Waals surface area contributed by atoms with Gasteiger partial charge < -0.3 is 5.11 Å². The summed E-state index contributed by atoms with van der Waals surface area (Å²) in [6.07, 6.45) is 1.79. The average molecular weight is 312 g/mol. The summed E-state index contributed by atoms with van der Waals surface area (Å²) >= 11 is 1.52. The Kier molecular flexibility index (Phi) is 4.06. The zero-order valence-corrected chi connectivity index (χ0v) is 12.2. The number of aromatic nitrogens is 4. The van der Waals surface area contributed by atoms with E-state index in [1.54, 1.807) is 6.07 Å². The molecular formula is C15H12N4O2S. The molecule has 2 heterocycles. The standard InChI is InChI=1S/C15H12N4O2S/c20-12(9-13(21)15-16-18-19-17-15)11-6-7-22-14(11)8-10-4-2-1-3-5-10/h1-7,9,21H,8H2,(H,16,17,18,19). The highest BCUT2D eigenvalue weighted by Crippen LogP contribution is 2.22. The van der Waals surface area contributed by atoms with E-state index in [9.17, 15) is 9.90 Å². The zero-order chi connectivity index (χ0) is 15.4. The Hall–Kier alpha value is -2.80. The van der Waals surface area contributed by atoms with Gasteiger partial charge >= 0.3 is 0 Å². The third-order valence-electron chi connectivity index (χ3n) is 3.06. The average Bonchev–Trinajstić information content (AvgIpc) is 3.19. The predicted molar refractivity (Wildman–Crippen MR) is 82.7 cm³/mol. The van der Waals surface area contributed by atoms with Crippen molar-refractivity contribution in [2.75, 3.05) is 0 Å². The van der Waals surface area contributed by atoms with Crippen LogP contribution in [0.15, 0.2) is 47.9 Å². The summed E-state index contributed by atoms with van der Waals surface area (Å²) in [7, 11) is 0. The molecule has 0 aliphatic heterocycles. The maximum Gasteiger partial charge on any atom is 0.239 e. The molecular weight excluding hydrogens is 300 g/mol. The van der Waals surface area contributed by atoms with Crippen molar-refractivity contribution >= 4 is 22.9 Å². The lowest BCUT2D eigenvalue weighted by Crippen LogP contribution is -2.00. The quantitative estimate of drug-likeness (QED) is 0.429. The Morgan fingerprint density at radius 2 is 2.09 bits per heavy atom. The van der Waals surface area contributed by atoms with Crippen molar-refractivity contribution in [2.24, 2.45) is 0 Å². The first kappa shape index (κ1) is 14.2. The van der Waals surface area contributed by atoms with Crippen LogP contribution in [0.1, 0.15) is 26.6 Å². The van der Waals surface area contributed by atoms with E-state index in [4.69, 9.17) is 0 Å². The maximum absolute atomic E-state index is 12.3. The van der Waals surface area contributed by atoms with Gasteiger partial charge in [-0.3, -0.25) is 4.79 Å². The molecule has 0 radical (unpaired) electrons. The Balaban J connectivity index is 1.82. The minimum atomic E-state index is -0.310. The minimum absolute atomic E-state index is 0.00631. The molecule has 2 aromatic heterocycles. The number of carbonyl (C=O) groups is 1. The van der Waals surface area contributed by atoms with Crippen LogP contribution in [0.25, 0.3) is 5.76 Å². The van der Waals surface area contributed by atoms with E-state index >= 15 is 0 Å². The van der Waals surface area contributed by atoms with Gasteiger partial charge in [0.05, 0.1) is 0 Å². The third kappa shape index (κ3) is 3.09. The van der Waals surface area contributed by atoms with E-state index in [1.807, 2.05) is 35.7 Å². The Morgan fingerprint density at radius 1 is 1.27 bits per heavy atom. The van der Waals surface area contributed by atoms with Gasteiger partial charge in [0.2, 0.25) is 5.82 Å². The van der Waals surface area contributed by atoms with Crippen LogP contribution in [0, 0.1) is 0 Å². The molecule has 22 heavy (non-hydrogen) atoms. The number of nitrogens with zero attached hydrogens (tertiary/aromatic N) is 3. The number of aliphatic hydroxyl groups is 1. The number of H-pyrrole nitrogens is 1. The number of aromatic amines is 1. The maximum atomic E-state index is 12.3. The number of hydrogen-bond donors (Lipinski definition) is 2. The number of ketones is 1. The Morgan fingerprint density at radius 3 is 2.82 bits per heavy atom. The number of tetrazole rings is 1. The summed E-state index contributed by atoms with van der Waals surface area (Å²) in [5, 5.41) is 24.5. The van der Waals surface area contributed by atoms with E-state index in [1.165, 1.54) is 11.3 Å². The molecule has 0 atom stereocenters. The van der Waals surface area contributed by atoms with Gasteiger partial charge in [0.1, 0.15) is 0 Å². The molecule has 0 saturated heterocycles. The molecule has 2 N–H and O–H groups in total. The highest BCUT2D eigenvalue weighted by atomic mass is 32.1. The van der Waals surface area contributed by atoms with E-state index in [0.717, 1.165) is 16.5 Å². The zero-order valence-electron chi connectivity index (χ0n) is 11.4. The fourth-order valence-corrected chi connectivity index (χ4v) is 2.93. The summed E-state index contributed by atoms with van der Waals surface area (Å²) in [5.41, 5.74) is 1.70. The van der Waals surface area contributed by atoms with Gasteiger partial charge in [0.25, 0.3) is 0 Å². The van der Waals surface area contributed by atoms with Crippen LogP contribution in [0.5, 0.6) is 0 Å². The molecule has 0 bridgehead atoms. The van der Waals surface area contributed by atoms with Crippen LogP contribution in [0.3, 0.4) is 0 Å².